The zero-order valence-electron chi connectivity index (χ0n) is 13.2. The van der Waals surface area contributed by atoms with E-state index in [1.165, 1.54) is 6.92 Å². The number of hydrogen-bond acceptors (Lipinski definition) is 4. The first-order chi connectivity index (χ1) is 9.70. The molecule has 2 amide bonds. The number of alkyl carbamates (subject to hydrolysis) is 1. The summed E-state index contributed by atoms with van der Waals surface area (Å²) in [6.45, 7) is 9.13. The molecule has 0 fully saturated rings. The van der Waals surface area contributed by atoms with Crippen molar-refractivity contribution in [1.29, 1.82) is 0 Å². The van der Waals surface area contributed by atoms with E-state index in [9.17, 15) is 9.59 Å². The average molecular weight is 318 g/mol. The van der Waals surface area contributed by atoms with Crippen molar-refractivity contribution in [2.75, 3.05) is 26.2 Å². The van der Waals surface area contributed by atoms with Gasteiger partial charge in [-0.2, -0.15) is 0 Å². The predicted molar refractivity (Wildman–Crippen MR) is 86.1 cm³/mol. The molecule has 0 aromatic carbocycles. The fraction of sp³-hybridized carbons (Fsp3) is 0.769. The van der Waals surface area contributed by atoms with E-state index in [2.05, 4.69) is 21.3 Å². The standard InChI is InChI=1S/C13H26N4O3S/c1-10(18)14-6-5-7-15-11(21)16-8-9-17-12(19)20-13(2,3)4/h5-9H2,1-4H3,(H,14,18)(H,17,19)(H2,15,16,21). The minimum Gasteiger partial charge on any atom is -0.444 e. The lowest BCUT2D eigenvalue weighted by Crippen LogP contribution is -2.41. The van der Waals surface area contributed by atoms with Gasteiger partial charge in [-0.1, -0.05) is 0 Å². The average Bonchev–Trinajstić information content (AvgIpc) is 2.31. The second-order valence-electron chi connectivity index (χ2n) is 5.45. The van der Waals surface area contributed by atoms with Crippen molar-refractivity contribution in [2.24, 2.45) is 0 Å². The lowest BCUT2D eigenvalue weighted by atomic mass is 10.2. The highest BCUT2D eigenvalue weighted by atomic mass is 32.1. The molecule has 122 valence electrons. The van der Waals surface area contributed by atoms with Crippen LogP contribution in [0.5, 0.6) is 0 Å². The molecule has 0 atom stereocenters. The molecule has 0 aliphatic carbocycles. The van der Waals surface area contributed by atoms with Gasteiger partial charge in [-0.05, 0) is 39.4 Å². The number of amides is 2. The zero-order valence-corrected chi connectivity index (χ0v) is 14.0. The molecule has 0 unspecified atom stereocenters. The van der Waals surface area contributed by atoms with Crippen LogP contribution in [-0.2, 0) is 9.53 Å². The van der Waals surface area contributed by atoms with Gasteiger partial charge in [0, 0.05) is 33.1 Å². The summed E-state index contributed by atoms with van der Waals surface area (Å²) >= 11 is 5.07. The van der Waals surface area contributed by atoms with Crippen LogP contribution in [0.1, 0.15) is 34.1 Å². The first-order valence-corrected chi connectivity index (χ1v) is 7.34. The third-order valence-electron chi connectivity index (χ3n) is 2.09. The SMILES string of the molecule is CC(=O)NCCCNC(=S)NCCNC(=O)OC(C)(C)C. The van der Waals surface area contributed by atoms with Gasteiger partial charge in [-0.25, -0.2) is 4.79 Å². The van der Waals surface area contributed by atoms with Crippen molar-refractivity contribution < 1.29 is 14.3 Å². The third-order valence-corrected chi connectivity index (χ3v) is 2.38. The smallest absolute Gasteiger partial charge is 0.407 e. The number of thiocarbonyl (C=S) groups is 1. The van der Waals surface area contributed by atoms with E-state index in [1.54, 1.807) is 0 Å². The van der Waals surface area contributed by atoms with E-state index in [1.807, 2.05) is 20.8 Å². The van der Waals surface area contributed by atoms with Gasteiger partial charge in [0.2, 0.25) is 5.91 Å². The minimum absolute atomic E-state index is 0.0380. The molecule has 4 N–H and O–H groups in total. The molecular weight excluding hydrogens is 292 g/mol. The van der Waals surface area contributed by atoms with Gasteiger partial charge in [0.15, 0.2) is 5.11 Å². The van der Waals surface area contributed by atoms with Crippen LogP contribution in [0.15, 0.2) is 0 Å². The Labute approximate surface area is 131 Å². The van der Waals surface area contributed by atoms with Crippen LogP contribution in [0.3, 0.4) is 0 Å². The first-order valence-electron chi connectivity index (χ1n) is 6.93. The monoisotopic (exact) mass is 318 g/mol. The number of rotatable bonds is 7. The summed E-state index contributed by atoms with van der Waals surface area (Å²) in [6, 6.07) is 0. The van der Waals surface area contributed by atoms with Crippen molar-refractivity contribution in [3.63, 3.8) is 0 Å². The van der Waals surface area contributed by atoms with Gasteiger partial charge < -0.3 is 26.0 Å². The lowest BCUT2D eigenvalue weighted by Gasteiger charge is -2.19. The number of hydrogen-bond donors (Lipinski definition) is 4. The number of nitrogens with one attached hydrogen (secondary N) is 4. The highest BCUT2D eigenvalue weighted by Crippen LogP contribution is 2.05. The Balaban J connectivity index is 3.49. The summed E-state index contributed by atoms with van der Waals surface area (Å²) in [4.78, 5) is 22.0. The highest BCUT2D eigenvalue weighted by Gasteiger charge is 2.15. The van der Waals surface area contributed by atoms with E-state index in [0.717, 1.165) is 6.42 Å². The Morgan fingerprint density at radius 2 is 1.48 bits per heavy atom. The quantitative estimate of drug-likeness (QED) is 0.404. The lowest BCUT2D eigenvalue weighted by molar-refractivity contribution is -0.118. The topological polar surface area (TPSA) is 91.5 Å². The predicted octanol–water partition coefficient (Wildman–Crippen LogP) is 0.501. The minimum atomic E-state index is -0.498. The molecule has 0 saturated heterocycles. The summed E-state index contributed by atoms with van der Waals surface area (Å²) in [6.07, 6.45) is 0.343. The maximum Gasteiger partial charge on any atom is 0.407 e. The highest BCUT2D eigenvalue weighted by molar-refractivity contribution is 7.80. The Bertz CT molecular complexity index is 356. The summed E-state index contributed by atoms with van der Waals surface area (Å²) in [5.41, 5.74) is -0.498. The zero-order chi connectivity index (χ0) is 16.3. The summed E-state index contributed by atoms with van der Waals surface area (Å²) in [5, 5.41) is 11.8. The largest absolute Gasteiger partial charge is 0.444 e. The van der Waals surface area contributed by atoms with E-state index in [0.29, 0.717) is 31.3 Å². The van der Waals surface area contributed by atoms with Gasteiger partial charge in [-0.3, -0.25) is 4.79 Å². The van der Waals surface area contributed by atoms with Gasteiger partial charge in [-0.15, -0.1) is 0 Å². The fourth-order valence-electron chi connectivity index (χ4n) is 1.27. The Kier molecular flexibility index (Phi) is 9.44. The van der Waals surface area contributed by atoms with Crippen LogP contribution in [0.4, 0.5) is 4.79 Å². The molecule has 0 aliphatic rings. The van der Waals surface area contributed by atoms with Crippen molar-refractivity contribution in [1.82, 2.24) is 21.3 Å². The molecule has 0 bridgehead atoms. The number of carbonyl (C=O) groups is 2. The molecule has 0 aromatic rings. The van der Waals surface area contributed by atoms with E-state index in [-0.39, 0.29) is 5.91 Å². The van der Waals surface area contributed by atoms with Crippen LogP contribution >= 0.6 is 12.2 Å². The molecule has 21 heavy (non-hydrogen) atoms. The Morgan fingerprint density at radius 3 is 2.05 bits per heavy atom. The second kappa shape index (κ2) is 10.2. The van der Waals surface area contributed by atoms with Crippen molar-refractivity contribution in [3.05, 3.63) is 0 Å². The van der Waals surface area contributed by atoms with Crippen molar-refractivity contribution >= 4 is 29.3 Å². The maximum atomic E-state index is 11.4. The van der Waals surface area contributed by atoms with E-state index in [4.69, 9.17) is 17.0 Å². The van der Waals surface area contributed by atoms with E-state index < -0.39 is 11.7 Å². The van der Waals surface area contributed by atoms with Gasteiger partial charge in [0.1, 0.15) is 5.60 Å². The van der Waals surface area contributed by atoms with E-state index >= 15 is 0 Å². The third kappa shape index (κ3) is 14.6. The molecule has 0 rings (SSSR count). The first kappa shape index (κ1) is 19.4. The molecule has 0 radical (unpaired) electrons. The van der Waals surface area contributed by atoms with Gasteiger partial charge in [0.05, 0.1) is 0 Å². The molecule has 0 aromatic heterocycles. The fourth-order valence-corrected chi connectivity index (χ4v) is 1.48. The number of carbonyl (C=O) groups excluding carboxylic acids is 2. The van der Waals surface area contributed by atoms with Gasteiger partial charge >= 0.3 is 6.09 Å². The maximum absolute atomic E-state index is 11.4. The molecule has 0 aliphatic heterocycles. The van der Waals surface area contributed by atoms with Crippen molar-refractivity contribution in [3.8, 4) is 0 Å². The number of ether oxygens (including phenoxy) is 1. The van der Waals surface area contributed by atoms with Crippen LogP contribution in [0, 0.1) is 0 Å². The van der Waals surface area contributed by atoms with Crippen LogP contribution in [-0.4, -0.2) is 48.9 Å². The molecule has 8 heteroatoms. The van der Waals surface area contributed by atoms with Crippen LogP contribution in [0.2, 0.25) is 0 Å². The van der Waals surface area contributed by atoms with Crippen molar-refractivity contribution in [2.45, 2.75) is 39.7 Å². The van der Waals surface area contributed by atoms with Gasteiger partial charge in [0.25, 0.3) is 0 Å². The molecule has 0 heterocycles. The summed E-state index contributed by atoms with van der Waals surface area (Å²) in [7, 11) is 0. The summed E-state index contributed by atoms with van der Waals surface area (Å²) in [5.74, 6) is -0.0380. The molecular formula is C13H26N4O3S. The Morgan fingerprint density at radius 1 is 0.952 bits per heavy atom. The second-order valence-corrected chi connectivity index (χ2v) is 5.86. The normalized spacial score (nSPS) is 10.5. The Hall–Kier alpha value is -1.57. The van der Waals surface area contributed by atoms with Crippen LogP contribution < -0.4 is 21.3 Å². The molecule has 0 saturated carbocycles. The summed E-state index contributed by atoms with van der Waals surface area (Å²) < 4.78 is 5.10. The molecule has 7 nitrogen and oxygen atoms in total. The van der Waals surface area contributed by atoms with Crippen LogP contribution in [0.25, 0.3) is 0 Å². The molecule has 0 spiro atoms.